The maximum atomic E-state index is 11.9. The van der Waals surface area contributed by atoms with Crippen molar-refractivity contribution in [3.8, 4) is 5.75 Å². The van der Waals surface area contributed by atoms with E-state index in [0.717, 1.165) is 10.5 Å². The fraction of sp³-hybridized carbons (Fsp3) is 0.0769. The number of carbonyl (C=O) groups excluding carboxylic acids is 1. The Balaban J connectivity index is 2.16. The number of phenols is 1. The molecule has 0 aliphatic carbocycles. The summed E-state index contributed by atoms with van der Waals surface area (Å²) in [6.07, 6.45) is 3.01. The van der Waals surface area contributed by atoms with E-state index in [-0.39, 0.29) is 11.4 Å². The molecular formula is C13H10Br2N4O3S. The van der Waals surface area contributed by atoms with Crippen LogP contribution in [0.2, 0.25) is 0 Å². The van der Waals surface area contributed by atoms with Gasteiger partial charge in [-0.2, -0.15) is 5.10 Å². The third kappa shape index (κ3) is 4.66. The molecule has 0 spiro atoms. The summed E-state index contributed by atoms with van der Waals surface area (Å²) >= 11 is 7.70. The number of rotatable bonds is 4. The van der Waals surface area contributed by atoms with E-state index in [4.69, 9.17) is 0 Å². The summed E-state index contributed by atoms with van der Waals surface area (Å²) in [4.78, 5) is 29.8. The van der Waals surface area contributed by atoms with Gasteiger partial charge in [-0.1, -0.05) is 27.7 Å². The number of phenolic OH excluding ortho intramolecular Hbond substituents is 1. The van der Waals surface area contributed by atoms with Gasteiger partial charge in [0.2, 0.25) is 0 Å². The van der Waals surface area contributed by atoms with E-state index < -0.39 is 11.5 Å². The number of halogens is 2. The lowest BCUT2D eigenvalue weighted by Gasteiger charge is -2.03. The quantitative estimate of drug-likeness (QED) is 0.280. The van der Waals surface area contributed by atoms with Crippen molar-refractivity contribution in [2.75, 3.05) is 6.26 Å². The third-order valence-electron chi connectivity index (χ3n) is 2.57. The Kier molecular flexibility index (Phi) is 5.97. The van der Waals surface area contributed by atoms with Gasteiger partial charge in [0, 0.05) is 16.1 Å². The predicted molar refractivity (Wildman–Crippen MR) is 95.2 cm³/mol. The number of carbonyl (C=O) groups is 1. The zero-order chi connectivity index (χ0) is 17.0. The van der Waals surface area contributed by atoms with Gasteiger partial charge in [-0.15, -0.1) is 0 Å². The molecule has 0 saturated heterocycles. The monoisotopic (exact) mass is 460 g/mol. The number of hydrazone groups is 1. The maximum Gasteiger partial charge on any atom is 0.290 e. The van der Waals surface area contributed by atoms with Crippen molar-refractivity contribution in [3.05, 3.63) is 48.8 Å². The second-order valence-electron chi connectivity index (χ2n) is 4.16. The number of aromatic nitrogens is 2. The minimum atomic E-state index is -0.629. The number of hydrogen-bond donors (Lipinski definition) is 3. The van der Waals surface area contributed by atoms with E-state index in [1.807, 2.05) is 0 Å². The van der Waals surface area contributed by atoms with Crippen molar-refractivity contribution >= 4 is 55.7 Å². The van der Waals surface area contributed by atoms with E-state index in [1.165, 1.54) is 18.0 Å². The second-order valence-corrected chi connectivity index (χ2v) is 6.73. The molecule has 1 aromatic heterocycles. The fourth-order valence-electron chi connectivity index (χ4n) is 1.55. The lowest BCUT2D eigenvalue weighted by Crippen LogP contribution is -2.22. The maximum absolute atomic E-state index is 11.9. The molecule has 0 bridgehead atoms. The first kappa shape index (κ1) is 17.7. The Labute approximate surface area is 151 Å². The van der Waals surface area contributed by atoms with Crippen LogP contribution < -0.4 is 11.0 Å². The van der Waals surface area contributed by atoms with Gasteiger partial charge in [0.15, 0.2) is 5.16 Å². The molecule has 3 N–H and O–H groups in total. The summed E-state index contributed by atoms with van der Waals surface area (Å²) < 4.78 is 1.22. The minimum Gasteiger partial charge on any atom is -0.506 e. The van der Waals surface area contributed by atoms with Crippen LogP contribution in [-0.4, -0.2) is 33.5 Å². The van der Waals surface area contributed by atoms with Crippen LogP contribution >= 0.6 is 43.6 Å². The Hall–Kier alpha value is -1.65. The molecule has 10 heteroatoms. The first-order valence-corrected chi connectivity index (χ1v) is 8.88. The first-order valence-electron chi connectivity index (χ1n) is 6.07. The van der Waals surface area contributed by atoms with Gasteiger partial charge in [-0.25, -0.2) is 10.4 Å². The number of hydrogen-bond acceptors (Lipinski definition) is 6. The van der Waals surface area contributed by atoms with Crippen LogP contribution in [0.25, 0.3) is 0 Å². The number of benzene rings is 1. The van der Waals surface area contributed by atoms with Crippen LogP contribution in [0.4, 0.5) is 0 Å². The molecule has 120 valence electrons. The number of nitrogens with zero attached hydrogens (tertiary/aromatic N) is 2. The average molecular weight is 462 g/mol. The summed E-state index contributed by atoms with van der Waals surface area (Å²) in [5, 5.41) is 14.0. The molecule has 0 saturated carbocycles. The summed E-state index contributed by atoms with van der Waals surface area (Å²) in [5.74, 6) is -0.638. The van der Waals surface area contributed by atoms with Crippen LogP contribution in [0.3, 0.4) is 0 Å². The predicted octanol–water partition coefficient (Wildman–Crippen LogP) is 2.49. The molecule has 0 aliphatic rings. The second kappa shape index (κ2) is 7.75. The van der Waals surface area contributed by atoms with E-state index in [2.05, 4.69) is 52.4 Å². The van der Waals surface area contributed by atoms with Crippen LogP contribution in [0.5, 0.6) is 5.75 Å². The lowest BCUT2D eigenvalue weighted by atomic mass is 10.2. The van der Waals surface area contributed by atoms with Crippen molar-refractivity contribution in [1.29, 1.82) is 0 Å². The number of thioether (sulfide) groups is 1. The Morgan fingerprint density at radius 1 is 1.43 bits per heavy atom. The highest BCUT2D eigenvalue weighted by Crippen LogP contribution is 2.30. The molecule has 1 amide bonds. The van der Waals surface area contributed by atoms with E-state index in [9.17, 15) is 14.7 Å². The van der Waals surface area contributed by atoms with Crippen molar-refractivity contribution in [1.82, 2.24) is 15.4 Å². The number of H-pyrrole nitrogens is 1. The van der Waals surface area contributed by atoms with Crippen LogP contribution in [0, 0.1) is 0 Å². The van der Waals surface area contributed by atoms with Gasteiger partial charge in [0.25, 0.3) is 11.5 Å². The molecule has 1 heterocycles. The third-order valence-corrected chi connectivity index (χ3v) is 4.22. The number of aromatic hydroxyl groups is 1. The van der Waals surface area contributed by atoms with Crippen LogP contribution in [0.15, 0.2) is 42.2 Å². The molecule has 0 radical (unpaired) electrons. The summed E-state index contributed by atoms with van der Waals surface area (Å²) in [6.45, 7) is 0. The standard InChI is InChI=1S/C13H10Br2N4O3S/c1-23-13-17-9(4-10(20)18-13)12(22)19-16-5-6-2-7(14)3-8(15)11(6)21/h2-5,21H,1H3,(H,19,22)(H,17,18,20). The van der Waals surface area contributed by atoms with Crippen molar-refractivity contribution in [2.45, 2.75) is 5.16 Å². The van der Waals surface area contributed by atoms with Crippen LogP contribution in [0.1, 0.15) is 16.1 Å². The van der Waals surface area contributed by atoms with Crippen molar-refractivity contribution in [3.63, 3.8) is 0 Å². The van der Waals surface area contributed by atoms with Crippen LogP contribution in [-0.2, 0) is 0 Å². The van der Waals surface area contributed by atoms with Crippen molar-refractivity contribution in [2.24, 2.45) is 5.10 Å². The molecular weight excluding hydrogens is 452 g/mol. The SMILES string of the molecule is CSc1nc(C(=O)NN=Cc2cc(Br)cc(Br)c2O)cc(=O)[nH]1. The molecule has 1 aromatic carbocycles. The summed E-state index contributed by atoms with van der Waals surface area (Å²) in [7, 11) is 0. The topological polar surface area (TPSA) is 107 Å². The minimum absolute atomic E-state index is 0.00912. The molecule has 0 fully saturated rings. The largest absolute Gasteiger partial charge is 0.506 e. The van der Waals surface area contributed by atoms with Gasteiger partial charge >= 0.3 is 0 Å². The van der Waals surface area contributed by atoms with Crippen molar-refractivity contribution < 1.29 is 9.90 Å². The van der Waals surface area contributed by atoms with E-state index in [1.54, 1.807) is 18.4 Å². The Morgan fingerprint density at radius 3 is 2.87 bits per heavy atom. The summed E-state index contributed by atoms with van der Waals surface area (Å²) in [5.41, 5.74) is 2.18. The highest BCUT2D eigenvalue weighted by Gasteiger charge is 2.10. The van der Waals surface area contributed by atoms with Gasteiger partial charge < -0.3 is 10.1 Å². The number of nitrogens with one attached hydrogen (secondary N) is 2. The van der Waals surface area contributed by atoms with Gasteiger partial charge in [-0.3, -0.25) is 9.59 Å². The van der Waals surface area contributed by atoms with E-state index >= 15 is 0 Å². The molecule has 0 unspecified atom stereocenters. The molecule has 2 rings (SSSR count). The molecule has 2 aromatic rings. The number of amides is 1. The molecule has 0 atom stereocenters. The van der Waals surface area contributed by atoms with Gasteiger partial charge in [0.05, 0.1) is 10.7 Å². The molecule has 0 aliphatic heterocycles. The highest BCUT2D eigenvalue weighted by molar-refractivity contribution is 9.11. The normalized spacial score (nSPS) is 10.9. The lowest BCUT2D eigenvalue weighted by molar-refractivity contribution is 0.0949. The zero-order valence-electron chi connectivity index (χ0n) is 11.6. The highest BCUT2D eigenvalue weighted by atomic mass is 79.9. The fourth-order valence-corrected chi connectivity index (χ4v) is 3.20. The van der Waals surface area contributed by atoms with Gasteiger partial charge in [-0.05, 0) is 34.3 Å². The zero-order valence-corrected chi connectivity index (χ0v) is 15.6. The Morgan fingerprint density at radius 2 is 2.17 bits per heavy atom. The Bertz CT molecular complexity index is 838. The average Bonchev–Trinajstić information content (AvgIpc) is 2.51. The molecule has 7 nitrogen and oxygen atoms in total. The van der Waals surface area contributed by atoms with E-state index in [0.29, 0.717) is 15.2 Å². The summed E-state index contributed by atoms with van der Waals surface area (Å²) in [6, 6.07) is 4.39. The smallest absolute Gasteiger partial charge is 0.290 e. The number of aromatic amines is 1. The first-order chi connectivity index (χ1) is 10.9. The van der Waals surface area contributed by atoms with Gasteiger partial charge in [0.1, 0.15) is 11.4 Å². The molecule has 23 heavy (non-hydrogen) atoms.